The van der Waals surface area contributed by atoms with E-state index in [0.29, 0.717) is 0 Å². The summed E-state index contributed by atoms with van der Waals surface area (Å²) in [6.07, 6.45) is 2.55. The molecule has 0 aliphatic rings. The molecule has 0 amide bonds. The number of nitrogens with one attached hydrogen (secondary N) is 1. The minimum atomic E-state index is -3.46. The Kier molecular flexibility index (Phi) is 3.20. The number of halogens is 1. The minimum Gasteiger partial charge on any atom is -0.266 e. The van der Waals surface area contributed by atoms with Gasteiger partial charge in [0.05, 0.1) is 17.1 Å². The fourth-order valence-corrected chi connectivity index (χ4v) is 1.44. The number of rotatable bonds is 2. The van der Waals surface area contributed by atoms with Crippen LogP contribution in [0.2, 0.25) is 5.15 Å². The van der Waals surface area contributed by atoms with Crippen molar-refractivity contribution in [3.8, 4) is 0 Å². The van der Waals surface area contributed by atoms with Crippen molar-refractivity contribution in [3.05, 3.63) is 17.5 Å². The third kappa shape index (κ3) is 3.04. The lowest BCUT2D eigenvalue weighted by atomic mass is 10.3. The largest absolute Gasteiger partial charge is 0.266 e. The number of nitrogens with zero attached hydrogens (tertiary/aromatic N) is 2. The number of anilines is 1. The van der Waals surface area contributed by atoms with Gasteiger partial charge in [0.25, 0.3) is 0 Å². The zero-order chi connectivity index (χ0) is 11.7. The van der Waals surface area contributed by atoms with Crippen molar-refractivity contribution in [2.45, 2.75) is 25.5 Å². The molecule has 7 heteroatoms. The first kappa shape index (κ1) is 12.2. The molecule has 1 aromatic heterocycles. The topological polar surface area (TPSA) is 72.0 Å². The second-order valence-corrected chi connectivity index (χ2v) is 6.77. The highest BCUT2D eigenvalue weighted by molar-refractivity contribution is 7.94. The minimum absolute atomic E-state index is 0.161. The van der Waals surface area contributed by atoms with Gasteiger partial charge in [-0.3, -0.25) is 4.72 Å². The molecule has 0 saturated carbocycles. The molecule has 0 radical (unpaired) electrons. The molecule has 1 aromatic rings. The quantitative estimate of drug-likeness (QED) is 0.866. The maximum Gasteiger partial charge on any atom is 0.238 e. The lowest BCUT2D eigenvalue weighted by Gasteiger charge is -2.19. The molecule has 0 atom stereocenters. The number of hydrogen-bond donors (Lipinski definition) is 1. The van der Waals surface area contributed by atoms with Crippen LogP contribution in [0.3, 0.4) is 0 Å². The van der Waals surface area contributed by atoms with Crippen LogP contribution in [0.1, 0.15) is 20.8 Å². The van der Waals surface area contributed by atoms with Crippen LogP contribution in [0.25, 0.3) is 0 Å². The first-order chi connectivity index (χ1) is 6.72. The Hall–Kier alpha value is -0.880. The molecule has 1 heterocycles. The van der Waals surface area contributed by atoms with Crippen LogP contribution in [0.15, 0.2) is 12.4 Å². The van der Waals surface area contributed by atoms with Gasteiger partial charge in [-0.15, -0.1) is 0 Å². The van der Waals surface area contributed by atoms with E-state index >= 15 is 0 Å². The molecule has 0 unspecified atom stereocenters. The van der Waals surface area contributed by atoms with Crippen molar-refractivity contribution < 1.29 is 8.42 Å². The summed E-state index contributed by atoms with van der Waals surface area (Å²) in [5.74, 6) is 0.161. The number of sulfonamides is 1. The standard InChI is InChI=1S/C8H12ClN3O2S/c1-8(2,3)15(13,14)12-7-5-10-6(9)4-11-7/h4-5H,1-3H3,(H,11,12). The molecule has 0 fully saturated rings. The fraction of sp³-hybridized carbons (Fsp3) is 0.500. The van der Waals surface area contributed by atoms with Crippen LogP contribution in [-0.4, -0.2) is 23.1 Å². The van der Waals surface area contributed by atoms with Crippen molar-refractivity contribution in [2.75, 3.05) is 4.72 Å². The summed E-state index contributed by atoms with van der Waals surface area (Å²) in [5.41, 5.74) is 0. The van der Waals surface area contributed by atoms with Crippen molar-refractivity contribution >= 4 is 27.4 Å². The van der Waals surface area contributed by atoms with Gasteiger partial charge in [0.1, 0.15) is 5.15 Å². The van der Waals surface area contributed by atoms with E-state index in [1.54, 1.807) is 20.8 Å². The van der Waals surface area contributed by atoms with Gasteiger partial charge in [-0.25, -0.2) is 18.4 Å². The van der Waals surface area contributed by atoms with Gasteiger partial charge < -0.3 is 0 Å². The summed E-state index contributed by atoms with van der Waals surface area (Å²) in [4.78, 5) is 7.51. The van der Waals surface area contributed by atoms with E-state index in [9.17, 15) is 8.42 Å². The van der Waals surface area contributed by atoms with Crippen LogP contribution < -0.4 is 4.72 Å². The van der Waals surface area contributed by atoms with Crippen LogP contribution in [0.4, 0.5) is 5.82 Å². The molecule has 0 aliphatic carbocycles. The zero-order valence-corrected chi connectivity index (χ0v) is 10.2. The van der Waals surface area contributed by atoms with E-state index in [4.69, 9.17) is 11.6 Å². The van der Waals surface area contributed by atoms with Crippen molar-refractivity contribution in [1.82, 2.24) is 9.97 Å². The molecule has 0 aliphatic heterocycles. The molecule has 0 bridgehead atoms. The number of aromatic nitrogens is 2. The summed E-state index contributed by atoms with van der Waals surface area (Å²) >= 11 is 5.52. The normalized spacial score (nSPS) is 12.5. The molecule has 0 aromatic carbocycles. The van der Waals surface area contributed by atoms with Crippen molar-refractivity contribution in [2.24, 2.45) is 0 Å². The van der Waals surface area contributed by atoms with Gasteiger partial charge >= 0.3 is 0 Å². The highest BCUT2D eigenvalue weighted by Gasteiger charge is 2.29. The highest BCUT2D eigenvalue weighted by atomic mass is 35.5. The lowest BCUT2D eigenvalue weighted by Crippen LogP contribution is -2.33. The SMILES string of the molecule is CC(C)(C)S(=O)(=O)Nc1cnc(Cl)cn1. The van der Waals surface area contributed by atoms with Crippen LogP contribution in [0.5, 0.6) is 0 Å². The fourth-order valence-electron chi connectivity index (χ4n) is 0.656. The molecule has 0 spiro atoms. The monoisotopic (exact) mass is 249 g/mol. The first-order valence-corrected chi connectivity index (χ1v) is 6.08. The second-order valence-electron chi connectivity index (χ2n) is 3.94. The second kappa shape index (κ2) is 3.94. The first-order valence-electron chi connectivity index (χ1n) is 4.22. The lowest BCUT2D eigenvalue weighted by molar-refractivity contribution is 0.566. The van der Waals surface area contributed by atoms with E-state index in [1.165, 1.54) is 12.4 Å². The molecule has 0 saturated heterocycles. The summed E-state index contributed by atoms with van der Waals surface area (Å²) < 4.78 is 24.8. The Morgan fingerprint density at radius 3 is 2.27 bits per heavy atom. The van der Waals surface area contributed by atoms with E-state index in [2.05, 4.69) is 14.7 Å². The van der Waals surface area contributed by atoms with Crippen LogP contribution >= 0.6 is 11.6 Å². The summed E-state index contributed by atoms with van der Waals surface area (Å²) in [6, 6.07) is 0. The Morgan fingerprint density at radius 1 is 1.27 bits per heavy atom. The van der Waals surface area contributed by atoms with E-state index in [0.717, 1.165) is 0 Å². The van der Waals surface area contributed by atoms with Gasteiger partial charge in [-0.2, -0.15) is 0 Å². The van der Waals surface area contributed by atoms with Crippen molar-refractivity contribution in [1.29, 1.82) is 0 Å². The maximum atomic E-state index is 11.7. The Labute approximate surface area is 93.9 Å². The Bertz CT molecular complexity index is 436. The van der Waals surface area contributed by atoms with Gasteiger partial charge in [0.2, 0.25) is 10.0 Å². The summed E-state index contributed by atoms with van der Waals surface area (Å²) in [6.45, 7) is 4.79. The van der Waals surface area contributed by atoms with Crippen molar-refractivity contribution in [3.63, 3.8) is 0 Å². The van der Waals surface area contributed by atoms with Gasteiger partial charge in [0, 0.05) is 0 Å². The molecule has 84 valence electrons. The molecular weight excluding hydrogens is 238 g/mol. The zero-order valence-electron chi connectivity index (χ0n) is 8.65. The average molecular weight is 250 g/mol. The third-order valence-electron chi connectivity index (χ3n) is 1.67. The highest BCUT2D eigenvalue weighted by Crippen LogP contribution is 2.17. The summed E-state index contributed by atoms with van der Waals surface area (Å²) in [7, 11) is -3.46. The molecular formula is C8H12ClN3O2S. The van der Waals surface area contributed by atoms with Gasteiger partial charge in [-0.05, 0) is 20.8 Å². The Balaban J connectivity index is 2.93. The van der Waals surface area contributed by atoms with Crippen LogP contribution in [-0.2, 0) is 10.0 Å². The molecule has 5 nitrogen and oxygen atoms in total. The van der Waals surface area contributed by atoms with Gasteiger partial charge in [0.15, 0.2) is 5.82 Å². The third-order valence-corrected chi connectivity index (χ3v) is 3.95. The predicted molar refractivity (Wildman–Crippen MR) is 59.3 cm³/mol. The summed E-state index contributed by atoms with van der Waals surface area (Å²) in [5, 5.41) is 0.216. The smallest absolute Gasteiger partial charge is 0.238 e. The van der Waals surface area contributed by atoms with E-state index < -0.39 is 14.8 Å². The number of hydrogen-bond acceptors (Lipinski definition) is 4. The molecule has 1 N–H and O–H groups in total. The maximum absolute atomic E-state index is 11.7. The predicted octanol–water partition coefficient (Wildman–Crippen LogP) is 1.67. The average Bonchev–Trinajstić information content (AvgIpc) is 2.06. The molecule has 15 heavy (non-hydrogen) atoms. The van der Waals surface area contributed by atoms with Crippen LogP contribution in [0, 0.1) is 0 Å². The van der Waals surface area contributed by atoms with Gasteiger partial charge in [-0.1, -0.05) is 11.6 Å². The van der Waals surface area contributed by atoms with E-state index in [1.807, 2.05) is 0 Å². The molecule has 1 rings (SSSR count). The Morgan fingerprint density at radius 2 is 1.87 bits per heavy atom. The van der Waals surface area contributed by atoms with E-state index in [-0.39, 0.29) is 11.0 Å².